The molecule has 1 N–H and O–H groups in total. The maximum Gasteiger partial charge on any atom is 0.317 e. The fourth-order valence-corrected chi connectivity index (χ4v) is 1.79. The highest BCUT2D eigenvalue weighted by Crippen LogP contribution is 2.26. The Labute approximate surface area is 98.4 Å². The first-order valence-corrected chi connectivity index (χ1v) is 5.51. The lowest BCUT2D eigenvalue weighted by Crippen LogP contribution is -2.39. The number of carbonyl (C=O) groups is 1. The average Bonchev–Trinajstić information content (AvgIpc) is 2.68. The van der Waals surface area contributed by atoms with Crippen LogP contribution in [0.15, 0.2) is 30.3 Å². The molecule has 0 unspecified atom stereocenters. The van der Waals surface area contributed by atoms with E-state index in [2.05, 4.69) is 5.32 Å². The summed E-state index contributed by atoms with van der Waals surface area (Å²) in [5.74, 6) is -2.73. The minimum absolute atomic E-state index is 0.119. The summed E-state index contributed by atoms with van der Waals surface area (Å²) in [5.41, 5.74) is 0.951. The van der Waals surface area contributed by atoms with Crippen LogP contribution in [0.4, 0.5) is 13.6 Å². The second-order valence-corrected chi connectivity index (χ2v) is 4.17. The Bertz CT molecular complexity index is 395. The van der Waals surface area contributed by atoms with Crippen molar-refractivity contribution in [2.45, 2.75) is 18.9 Å². The van der Waals surface area contributed by atoms with Crippen LogP contribution in [0.3, 0.4) is 0 Å². The SMILES string of the molecule is O=C(NCc1ccccc1)N1CCC(F)(F)C1. The number of nitrogens with one attached hydrogen (secondary N) is 1. The van der Waals surface area contributed by atoms with Gasteiger partial charge in [-0.05, 0) is 5.56 Å². The number of urea groups is 1. The third-order valence-corrected chi connectivity index (χ3v) is 2.74. The molecule has 3 nitrogen and oxygen atoms in total. The average molecular weight is 240 g/mol. The van der Waals surface area contributed by atoms with Crippen molar-refractivity contribution in [3.63, 3.8) is 0 Å². The normalized spacial score (nSPS) is 18.1. The van der Waals surface area contributed by atoms with E-state index in [4.69, 9.17) is 0 Å². The quantitative estimate of drug-likeness (QED) is 0.844. The summed E-state index contributed by atoms with van der Waals surface area (Å²) in [6.07, 6.45) is -0.244. The van der Waals surface area contributed by atoms with Crippen LogP contribution in [-0.4, -0.2) is 29.9 Å². The van der Waals surface area contributed by atoms with Gasteiger partial charge in [-0.2, -0.15) is 0 Å². The molecule has 17 heavy (non-hydrogen) atoms. The Morgan fingerprint density at radius 1 is 1.35 bits per heavy atom. The highest BCUT2D eigenvalue weighted by molar-refractivity contribution is 5.74. The number of carbonyl (C=O) groups excluding carboxylic acids is 1. The summed E-state index contributed by atoms with van der Waals surface area (Å²) >= 11 is 0. The Hall–Kier alpha value is -1.65. The highest BCUT2D eigenvalue weighted by Gasteiger charge is 2.40. The van der Waals surface area contributed by atoms with E-state index in [1.165, 1.54) is 0 Å². The topological polar surface area (TPSA) is 32.3 Å². The molecule has 0 bridgehead atoms. The van der Waals surface area contributed by atoms with E-state index in [9.17, 15) is 13.6 Å². The van der Waals surface area contributed by atoms with Gasteiger partial charge in [-0.1, -0.05) is 30.3 Å². The molecule has 5 heteroatoms. The van der Waals surface area contributed by atoms with E-state index in [1.807, 2.05) is 30.3 Å². The second-order valence-electron chi connectivity index (χ2n) is 4.17. The van der Waals surface area contributed by atoms with Gasteiger partial charge in [0.2, 0.25) is 0 Å². The van der Waals surface area contributed by atoms with Gasteiger partial charge in [0.05, 0.1) is 6.54 Å². The fraction of sp³-hybridized carbons (Fsp3) is 0.417. The smallest absolute Gasteiger partial charge is 0.317 e. The van der Waals surface area contributed by atoms with Crippen LogP contribution < -0.4 is 5.32 Å². The molecule has 1 fully saturated rings. The molecular weight excluding hydrogens is 226 g/mol. The van der Waals surface area contributed by atoms with Crippen molar-refractivity contribution in [3.8, 4) is 0 Å². The third kappa shape index (κ3) is 3.15. The van der Waals surface area contributed by atoms with Crippen LogP contribution >= 0.6 is 0 Å². The number of nitrogens with zero attached hydrogens (tertiary/aromatic N) is 1. The molecule has 0 radical (unpaired) electrons. The van der Waals surface area contributed by atoms with Crippen molar-refractivity contribution in [1.82, 2.24) is 10.2 Å². The molecule has 2 rings (SSSR count). The summed E-state index contributed by atoms with van der Waals surface area (Å²) < 4.78 is 25.8. The molecular formula is C12H14F2N2O. The van der Waals surface area contributed by atoms with Crippen molar-refractivity contribution in [3.05, 3.63) is 35.9 Å². The maximum atomic E-state index is 12.9. The second kappa shape index (κ2) is 4.69. The molecule has 0 spiro atoms. The van der Waals surface area contributed by atoms with Crippen LogP contribution in [0, 0.1) is 0 Å². The summed E-state index contributed by atoms with van der Waals surface area (Å²) in [5, 5.41) is 2.63. The van der Waals surface area contributed by atoms with Crippen molar-refractivity contribution < 1.29 is 13.6 Å². The lowest BCUT2D eigenvalue weighted by atomic mass is 10.2. The Morgan fingerprint density at radius 3 is 2.65 bits per heavy atom. The molecule has 1 heterocycles. The molecule has 1 saturated heterocycles. The number of benzene rings is 1. The van der Waals surface area contributed by atoms with Crippen molar-refractivity contribution >= 4 is 6.03 Å². The zero-order valence-corrected chi connectivity index (χ0v) is 9.33. The Balaban J connectivity index is 1.83. The van der Waals surface area contributed by atoms with Crippen LogP contribution in [-0.2, 0) is 6.54 Å². The van der Waals surface area contributed by atoms with E-state index in [0.29, 0.717) is 6.54 Å². The number of hydrogen-bond acceptors (Lipinski definition) is 1. The number of amides is 2. The minimum atomic E-state index is -2.73. The zero-order chi connectivity index (χ0) is 12.3. The van der Waals surface area contributed by atoms with Gasteiger partial charge in [-0.15, -0.1) is 0 Å². The highest BCUT2D eigenvalue weighted by atomic mass is 19.3. The first kappa shape index (κ1) is 11.8. The van der Waals surface area contributed by atoms with Gasteiger partial charge in [0.25, 0.3) is 5.92 Å². The Morgan fingerprint density at radius 2 is 2.06 bits per heavy atom. The number of likely N-dealkylation sites (tertiary alicyclic amines) is 1. The maximum absolute atomic E-state index is 12.9. The molecule has 1 aromatic rings. The monoisotopic (exact) mass is 240 g/mol. The van der Waals surface area contributed by atoms with Gasteiger partial charge in [0, 0.05) is 19.5 Å². The predicted molar refractivity (Wildman–Crippen MR) is 59.8 cm³/mol. The number of halogens is 2. The van der Waals surface area contributed by atoms with Gasteiger partial charge in [-0.25, -0.2) is 13.6 Å². The molecule has 92 valence electrons. The number of rotatable bonds is 2. The first-order valence-electron chi connectivity index (χ1n) is 5.51. The van der Waals surface area contributed by atoms with E-state index < -0.39 is 18.5 Å². The van der Waals surface area contributed by atoms with Gasteiger partial charge in [0.1, 0.15) is 0 Å². The van der Waals surface area contributed by atoms with Crippen LogP contribution in [0.5, 0.6) is 0 Å². The largest absolute Gasteiger partial charge is 0.334 e. The summed E-state index contributed by atoms with van der Waals surface area (Å²) in [7, 11) is 0. The minimum Gasteiger partial charge on any atom is -0.334 e. The summed E-state index contributed by atoms with van der Waals surface area (Å²) in [6, 6.07) is 8.94. The van der Waals surface area contributed by atoms with Gasteiger partial charge in [0.15, 0.2) is 0 Å². The fourth-order valence-electron chi connectivity index (χ4n) is 1.79. The van der Waals surface area contributed by atoms with E-state index in [-0.39, 0.29) is 13.0 Å². The molecule has 0 saturated carbocycles. The predicted octanol–water partition coefficient (Wildman–Crippen LogP) is 2.24. The van der Waals surface area contributed by atoms with Crippen molar-refractivity contribution in [2.75, 3.05) is 13.1 Å². The van der Waals surface area contributed by atoms with Gasteiger partial charge in [-0.3, -0.25) is 0 Å². The zero-order valence-electron chi connectivity index (χ0n) is 9.33. The lowest BCUT2D eigenvalue weighted by molar-refractivity contribution is 0.0153. The molecule has 0 aromatic heterocycles. The first-order chi connectivity index (χ1) is 8.07. The van der Waals surface area contributed by atoms with Crippen LogP contribution in [0.25, 0.3) is 0 Å². The van der Waals surface area contributed by atoms with Crippen LogP contribution in [0.2, 0.25) is 0 Å². The molecule has 1 aliphatic rings. The number of hydrogen-bond donors (Lipinski definition) is 1. The lowest BCUT2D eigenvalue weighted by Gasteiger charge is -2.16. The summed E-state index contributed by atoms with van der Waals surface area (Å²) in [4.78, 5) is 12.7. The molecule has 0 aliphatic carbocycles. The summed E-state index contributed by atoms with van der Waals surface area (Å²) in [6.45, 7) is 0.00297. The molecule has 0 atom stereocenters. The number of alkyl halides is 2. The third-order valence-electron chi connectivity index (χ3n) is 2.74. The van der Waals surface area contributed by atoms with Crippen molar-refractivity contribution in [2.24, 2.45) is 0 Å². The van der Waals surface area contributed by atoms with Crippen molar-refractivity contribution in [1.29, 1.82) is 0 Å². The Kier molecular flexibility index (Phi) is 3.26. The standard InChI is InChI=1S/C12H14F2N2O/c13-12(14)6-7-16(9-12)11(17)15-8-10-4-2-1-3-5-10/h1-5H,6-9H2,(H,15,17). The molecule has 1 aliphatic heterocycles. The van der Waals surface area contributed by atoms with E-state index in [0.717, 1.165) is 10.5 Å². The molecule has 2 amide bonds. The van der Waals surface area contributed by atoms with Crippen LogP contribution in [0.1, 0.15) is 12.0 Å². The van der Waals surface area contributed by atoms with E-state index in [1.54, 1.807) is 0 Å². The van der Waals surface area contributed by atoms with Gasteiger partial charge >= 0.3 is 6.03 Å². The van der Waals surface area contributed by atoms with E-state index >= 15 is 0 Å². The van der Waals surface area contributed by atoms with Gasteiger partial charge < -0.3 is 10.2 Å². The molecule has 1 aromatic carbocycles.